The van der Waals surface area contributed by atoms with Gasteiger partial charge in [-0.25, -0.2) is 4.79 Å². The maximum Gasteiger partial charge on any atom is 0.331 e. The molecule has 0 atom stereocenters. The number of amides is 1. The van der Waals surface area contributed by atoms with Crippen LogP contribution in [0.3, 0.4) is 0 Å². The molecule has 0 saturated heterocycles. The molecule has 0 spiro atoms. The molecule has 2 aromatic carbocycles. The second-order valence-corrected chi connectivity index (χ2v) is 6.34. The highest BCUT2D eigenvalue weighted by molar-refractivity contribution is 6.04. The Balaban J connectivity index is 1.54. The second-order valence-electron chi connectivity index (χ2n) is 6.34. The van der Waals surface area contributed by atoms with Gasteiger partial charge in [0.25, 0.3) is 0 Å². The summed E-state index contributed by atoms with van der Waals surface area (Å²) in [5.74, 6) is -0.161. The Morgan fingerprint density at radius 2 is 1.89 bits per heavy atom. The summed E-state index contributed by atoms with van der Waals surface area (Å²) in [5.41, 5.74) is 2.85. The van der Waals surface area contributed by atoms with E-state index in [4.69, 9.17) is 9.47 Å². The zero-order chi connectivity index (χ0) is 20.1. The maximum atomic E-state index is 12.3. The number of rotatable bonds is 7. The van der Waals surface area contributed by atoms with Crippen molar-refractivity contribution in [2.75, 3.05) is 25.2 Å². The first-order chi connectivity index (χ1) is 13.5. The van der Waals surface area contributed by atoms with Crippen LogP contribution in [0, 0.1) is 0 Å². The van der Waals surface area contributed by atoms with Gasteiger partial charge in [0.1, 0.15) is 5.75 Å². The predicted molar refractivity (Wildman–Crippen MR) is 105 cm³/mol. The summed E-state index contributed by atoms with van der Waals surface area (Å²) < 4.78 is 10.4. The van der Waals surface area contributed by atoms with E-state index >= 15 is 0 Å². The Hall–Kier alpha value is -3.41. The quantitative estimate of drug-likeness (QED) is 0.420. The SMILES string of the molecule is CCOc1ccc(/C=C/C(=O)OCC(=O)c2ccc3c(c2)CC(=O)N3C)cc1. The molecule has 144 valence electrons. The Kier molecular flexibility index (Phi) is 5.89. The van der Waals surface area contributed by atoms with Crippen LogP contribution in [0.2, 0.25) is 0 Å². The van der Waals surface area contributed by atoms with Gasteiger partial charge in [-0.3, -0.25) is 9.59 Å². The first kappa shape index (κ1) is 19.4. The molecule has 3 rings (SSSR count). The molecule has 0 unspecified atom stereocenters. The zero-order valence-electron chi connectivity index (χ0n) is 15.8. The van der Waals surface area contributed by atoms with Gasteiger partial charge in [-0.2, -0.15) is 0 Å². The van der Waals surface area contributed by atoms with Crippen LogP contribution in [-0.2, 0) is 20.7 Å². The standard InChI is InChI=1S/C22H21NO5/c1-3-27-18-8-4-15(5-9-18)6-11-22(26)28-14-20(24)16-7-10-19-17(12-16)13-21(25)23(19)2/h4-12H,3,13-14H2,1-2H3/b11-6+. The first-order valence-corrected chi connectivity index (χ1v) is 8.98. The summed E-state index contributed by atoms with van der Waals surface area (Å²) >= 11 is 0. The lowest BCUT2D eigenvalue weighted by atomic mass is 10.1. The van der Waals surface area contributed by atoms with Crippen LogP contribution < -0.4 is 9.64 Å². The highest BCUT2D eigenvalue weighted by atomic mass is 16.5. The number of fused-ring (bicyclic) bond motifs is 1. The van der Waals surface area contributed by atoms with E-state index in [1.54, 1.807) is 36.2 Å². The average molecular weight is 379 g/mol. The summed E-state index contributed by atoms with van der Waals surface area (Å²) in [7, 11) is 1.70. The monoisotopic (exact) mass is 379 g/mol. The number of esters is 1. The summed E-state index contributed by atoms with van der Waals surface area (Å²) in [5, 5.41) is 0. The van der Waals surface area contributed by atoms with Crippen LogP contribution in [0.4, 0.5) is 5.69 Å². The van der Waals surface area contributed by atoms with Gasteiger partial charge in [0.15, 0.2) is 12.4 Å². The molecule has 0 aromatic heterocycles. The second kappa shape index (κ2) is 8.52. The van der Waals surface area contributed by atoms with E-state index in [0.29, 0.717) is 12.2 Å². The van der Waals surface area contributed by atoms with E-state index in [9.17, 15) is 14.4 Å². The van der Waals surface area contributed by atoms with Crippen molar-refractivity contribution >= 4 is 29.4 Å². The minimum atomic E-state index is -0.599. The topological polar surface area (TPSA) is 72.9 Å². The number of ether oxygens (including phenoxy) is 2. The maximum absolute atomic E-state index is 12.3. The molecule has 0 N–H and O–H groups in total. The van der Waals surface area contributed by atoms with Gasteiger partial charge in [-0.1, -0.05) is 12.1 Å². The molecule has 6 nitrogen and oxygen atoms in total. The number of hydrogen-bond donors (Lipinski definition) is 0. The van der Waals surface area contributed by atoms with Gasteiger partial charge in [-0.15, -0.1) is 0 Å². The Morgan fingerprint density at radius 1 is 1.14 bits per heavy atom. The van der Waals surface area contributed by atoms with Crippen LogP contribution in [-0.4, -0.2) is 37.9 Å². The minimum Gasteiger partial charge on any atom is -0.494 e. The molecule has 0 radical (unpaired) electrons. The van der Waals surface area contributed by atoms with E-state index in [2.05, 4.69) is 0 Å². The van der Waals surface area contributed by atoms with Gasteiger partial charge in [0.05, 0.1) is 13.0 Å². The summed E-state index contributed by atoms with van der Waals surface area (Å²) in [4.78, 5) is 37.4. The molecule has 28 heavy (non-hydrogen) atoms. The molecular weight excluding hydrogens is 358 g/mol. The molecule has 0 bridgehead atoms. The summed E-state index contributed by atoms with van der Waals surface area (Å²) in [6.07, 6.45) is 3.16. The van der Waals surface area contributed by atoms with Crippen LogP contribution in [0.1, 0.15) is 28.4 Å². The normalized spacial score (nSPS) is 12.9. The number of anilines is 1. The van der Waals surface area contributed by atoms with Crippen molar-refractivity contribution in [2.45, 2.75) is 13.3 Å². The third kappa shape index (κ3) is 4.46. The van der Waals surface area contributed by atoms with Gasteiger partial charge >= 0.3 is 5.97 Å². The number of carbonyl (C=O) groups is 3. The van der Waals surface area contributed by atoms with Crippen molar-refractivity contribution in [1.29, 1.82) is 0 Å². The fourth-order valence-corrected chi connectivity index (χ4v) is 2.92. The zero-order valence-corrected chi connectivity index (χ0v) is 15.8. The lowest BCUT2D eigenvalue weighted by Gasteiger charge is -2.10. The number of ketones is 1. The van der Waals surface area contributed by atoms with Crippen molar-refractivity contribution < 1.29 is 23.9 Å². The van der Waals surface area contributed by atoms with Crippen molar-refractivity contribution in [3.8, 4) is 5.75 Å². The Labute approximate surface area is 163 Å². The molecule has 2 aromatic rings. The molecule has 0 fully saturated rings. The average Bonchev–Trinajstić information content (AvgIpc) is 2.99. The van der Waals surface area contributed by atoms with E-state index in [1.807, 2.05) is 31.2 Å². The smallest absolute Gasteiger partial charge is 0.331 e. The van der Waals surface area contributed by atoms with E-state index in [-0.39, 0.29) is 24.7 Å². The predicted octanol–water partition coefficient (Wildman–Crippen LogP) is 3.04. The van der Waals surface area contributed by atoms with Gasteiger partial charge < -0.3 is 14.4 Å². The van der Waals surface area contributed by atoms with E-state index in [1.165, 1.54) is 6.08 Å². The summed E-state index contributed by atoms with van der Waals surface area (Å²) in [6.45, 7) is 2.15. The van der Waals surface area contributed by atoms with Crippen molar-refractivity contribution in [1.82, 2.24) is 0 Å². The lowest BCUT2D eigenvalue weighted by molar-refractivity contribution is -0.136. The molecule has 1 heterocycles. The number of hydrogen-bond acceptors (Lipinski definition) is 5. The molecule has 1 amide bonds. The molecule has 0 saturated carbocycles. The van der Waals surface area contributed by atoms with Crippen LogP contribution in [0.25, 0.3) is 6.08 Å². The highest BCUT2D eigenvalue weighted by Crippen LogP contribution is 2.28. The third-order valence-corrected chi connectivity index (χ3v) is 4.43. The Morgan fingerprint density at radius 3 is 2.61 bits per heavy atom. The van der Waals surface area contributed by atoms with Crippen molar-refractivity contribution in [3.63, 3.8) is 0 Å². The molecule has 0 aliphatic carbocycles. The fourth-order valence-electron chi connectivity index (χ4n) is 2.92. The number of carbonyl (C=O) groups excluding carboxylic acids is 3. The Bertz CT molecular complexity index is 930. The van der Waals surface area contributed by atoms with Gasteiger partial charge in [-0.05, 0) is 54.5 Å². The first-order valence-electron chi connectivity index (χ1n) is 8.98. The number of nitrogens with zero attached hydrogens (tertiary/aromatic N) is 1. The van der Waals surface area contributed by atoms with Gasteiger partial charge in [0, 0.05) is 24.4 Å². The molecule has 1 aliphatic rings. The van der Waals surface area contributed by atoms with Gasteiger partial charge in [0.2, 0.25) is 5.91 Å². The number of benzene rings is 2. The van der Waals surface area contributed by atoms with Crippen LogP contribution in [0.15, 0.2) is 48.5 Å². The highest BCUT2D eigenvalue weighted by Gasteiger charge is 2.24. The largest absolute Gasteiger partial charge is 0.494 e. The van der Waals surface area contributed by atoms with Crippen molar-refractivity contribution in [3.05, 3.63) is 65.2 Å². The molecule has 6 heteroatoms. The molecular formula is C22H21NO5. The third-order valence-electron chi connectivity index (χ3n) is 4.43. The van der Waals surface area contributed by atoms with E-state index in [0.717, 1.165) is 22.6 Å². The van der Waals surface area contributed by atoms with E-state index < -0.39 is 5.97 Å². The molecule has 1 aliphatic heterocycles. The fraction of sp³-hybridized carbons (Fsp3) is 0.227. The number of Topliss-reactive ketones (excluding diaryl/α,β-unsaturated/α-hetero) is 1. The minimum absolute atomic E-state index is 0.00884. The lowest BCUT2D eigenvalue weighted by Crippen LogP contribution is -2.20. The summed E-state index contributed by atoms with van der Waals surface area (Å²) in [6, 6.07) is 12.3. The van der Waals surface area contributed by atoms with Crippen molar-refractivity contribution in [2.24, 2.45) is 0 Å². The van der Waals surface area contributed by atoms with Crippen LogP contribution in [0.5, 0.6) is 5.75 Å². The van der Waals surface area contributed by atoms with Crippen LogP contribution >= 0.6 is 0 Å². The number of likely N-dealkylation sites (N-methyl/N-ethyl adjacent to an activating group) is 1.